The van der Waals surface area contributed by atoms with Gasteiger partial charge >= 0.3 is 0 Å². The van der Waals surface area contributed by atoms with Crippen molar-refractivity contribution < 1.29 is 12.8 Å². The summed E-state index contributed by atoms with van der Waals surface area (Å²) in [5.74, 6) is 0.561. The average Bonchev–Trinajstić information content (AvgIpc) is 2.83. The van der Waals surface area contributed by atoms with Crippen LogP contribution in [0.4, 0.5) is 38.9 Å². The van der Waals surface area contributed by atoms with Crippen LogP contribution in [0.15, 0.2) is 42.6 Å². The molecule has 1 aliphatic rings. The number of aromatic nitrogens is 2. The summed E-state index contributed by atoms with van der Waals surface area (Å²) in [6.07, 6.45) is 1.67. The topological polar surface area (TPSA) is 102 Å². The summed E-state index contributed by atoms with van der Waals surface area (Å²) in [5.41, 5.74) is 3.89. The Morgan fingerprint density at radius 1 is 0.921 bits per heavy atom. The first-order valence-electron chi connectivity index (χ1n) is 12.6. The minimum absolute atomic E-state index is 0.296. The minimum atomic E-state index is -3.58. The summed E-state index contributed by atoms with van der Waals surface area (Å²) in [6.45, 7) is 12.0. The lowest BCUT2D eigenvalue weighted by Crippen LogP contribution is -2.44. The molecule has 0 radical (unpaired) electrons. The Morgan fingerprint density at radius 2 is 1.58 bits per heavy atom. The van der Waals surface area contributed by atoms with Gasteiger partial charge in [-0.1, -0.05) is 6.07 Å². The predicted octanol–water partition coefficient (Wildman–Crippen LogP) is 5.01. The van der Waals surface area contributed by atoms with Gasteiger partial charge in [0, 0.05) is 49.3 Å². The van der Waals surface area contributed by atoms with Crippen molar-refractivity contribution in [1.82, 2.24) is 14.9 Å². The third-order valence-corrected chi connectivity index (χ3v) is 8.67. The Morgan fingerprint density at radius 3 is 2.24 bits per heavy atom. The second kappa shape index (κ2) is 10.7. The molecule has 1 aliphatic heterocycles. The van der Waals surface area contributed by atoms with E-state index in [1.54, 1.807) is 39.1 Å². The van der Waals surface area contributed by atoms with Crippen molar-refractivity contribution in [3.63, 3.8) is 0 Å². The number of hydrogen-bond donors (Lipinski definition) is 3. The Kier molecular flexibility index (Phi) is 7.80. The fourth-order valence-corrected chi connectivity index (χ4v) is 4.71. The zero-order valence-electron chi connectivity index (χ0n) is 22.8. The third-order valence-electron chi connectivity index (χ3n) is 6.57. The zero-order valence-corrected chi connectivity index (χ0v) is 23.6. The summed E-state index contributed by atoms with van der Waals surface area (Å²) < 4.78 is 42.0. The number of nitrogens with one attached hydrogen (secondary N) is 3. The van der Waals surface area contributed by atoms with E-state index in [-0.39, 0.29) is 5.82 Å². The molecule has 0 bridgehead atoms. The van der Waals surface area contributed by atoms with E-state index in [0.29, 0.717) is 34.5 Å². The molecule has 0 amide bonds. The lowest BCUT2D eigenvalue weighted by molar-refractivity contribution is 0.311. The van der Waals surface area contributed by atoms with E-state index in [0.717, 1.165) is 37.3 Å². The standard InChI is InChI=1S/C27H36FN7O2S/c1-18-7-8-21(16-23(18)33-38(36,37)27(3,4)5)30-25-19(2)17-29-26(32-25)31-20-9-10-24(22(28)15-20)35-13-11-34(6)12-14-35/h7-10,15-17,33H,11-14H2,1-6H3,(H2,29,30,31,32). The van der Waals surface area contributed by atoms with E-state index >= 15 is 0 Å². The van der Waals surface area contributed by atoms with E-state index in [4.69, 9.17) is 0 Å². The van der Waals surface area contributed by atoms with Gasteiger partial charge in [0.15, 0.2) is 0 Å². The monoisotopic (exact) mass is 541 g/mol. The van der Waals surface area contributed by atoms with Crippen LogP contribution in [0.2, 0.25) is 0 Å². The number of nitrogens with zero attached hydrogens (tertiary/aromatic N) is 4. The molecule has 2 heterocycles. The molecule has 1 saturated heterocycles. The molecule has 204 valence electrons. The van der Waals surface area contributed by atoms with Crippen LogP contribution in [0.3, 0.4) is 0 Å². The van der Waals surface area contributed by atoms with Gasteiger partial charge in [-0.25, -0.2) is 17.8 Å². The molecule has 0 spiro atoms. The van der Waals surface area contributed by atoms with Gasteiger partial charge in [-0.3, -0.25) is 4.72 Å². The Labute approximate surface area is 224 Å². The molecular weight excluding hydrogens is 505 g/mol. The summed E-state index contributed by atoms with van der Waals surface area (Å²) >= 11 is 0. The van der Waals surface area contributed by atoms with Gasteiger partial charge in [-0.05, 0) is 77.6 Å². The first-order chi connectivity index (χ1) is 17.8. The SMILES string of the molecule is Cc1ccc(Nc2nc(Nc3ccc(N4CCN(C)CC4)c(F)c3)ncc2C)cc1NS(=O)(=O)C(C)(C)C. The second-order valence-corrected chi connectivity index (χ2v) is 13.1. The summed E-state index contributed by atoms with van der Waals surface area (Å²) in [6, 6.07) is 10.5. The lowest BCUT2D eigenvalue weighted by Gasteiger charge is -2.34. The van der Waals surface area contributed by atoms with Crippen molar-refractivity contribution >= 4 is 44.5 Å². The molecule has 11 heteroatoms. The van der Waals surface area contributed by atoms with Crippen LogP contribution in [0.25, 0.3) is 0 Å². The predicted molar refractivity (Wildman–Crippen MR) is 153 cm³/mol. The second-order valence-electron chi connectivity index (χ2n) is 10.7. The fourth-order valence-electron chi connectivity index (χ4n) is 3.89. The number of aryl methyl sites for hydroxylation is 2. The maximum Gasteiger partial charge on any atom is 0.237 e. The van der Waals surface area contributed by atoms with Crippen molar-refractivity contribution in [3.8, 4) is 0 Å². The zero-order chi connectivity index (χ0) is 27.7. The van der Waals surface area contributed by atoms with E-state index in [2.05, 4.69) is 42.2 Å². The van der Waals surface area contributed by atoms with E-state index in [9.17, 15) is 12.8 Å². The van der Waals surface area contributed by atoms with Gasteiger partial charge in [0.2, 0.25) is 16.0 Å². The van der Waals surface area contributed by atoms with Gasteiger partial charge in [0.05, 0.1) is 16.1 Å². The van der Waals surface area contributed by atoms with Gasteiger partial charge in [0.25, 0.3) is 0 Å². The molecule has 1 aromatic heterocycles. The van der Waals surface area contributed by atoms with Crippen LogP contribution in [-0.2, 0) is 10.0 Å². The van der Waals surface area contributed by atoms with Crippen molar-refractivity contribution in [2.24, 2.45) is 0 Å². The highest BCUT2D eigenvalue weighted by Crippen LogP contribution is 2.29. The van der Waals surface area contributed by atoms with Crippen LogP contribution in [-0.4, -0.2) is 61.3 Å². The number of halogens is 1. The normalized spacial score (nSPS) is 14.9. The maximum absolute atomic E-state index is 14.9. The largest absolute Gasteiger partial charge is 0.367 e. The van der Waals surface area contributed by atoms with Crippen LogP contribution in [0.5, 0.6) is 0 Å². The molecule has 0 aliphatic carbocycles. The maximum atomic E-state index is 14.9. The van der Waals surface area contributed by atoms with E-state index in [1.165, 1.54) is 6.07 Å². The molecule has 0 unspecified atom stereocenters. The number of benzene rings is 2. The quantitative estimate of drug-likeness (QED) is 0.384. The third kappa shape index (κ3) is 6.33. The van der Waals surface area contributed by atoms with Crippen molar-refractivity contribution in [3.05, 3.63) is 59.5 Å². The molecular formula is C27H36FN7O2S. The molecule has 0 atom stereocenters. The van der Waals surface area contributed by atoms with Crippen molar-refractivity contribution in [2.75, 3.05) is 53.5 Å². The Bertz CT molecular complexity index is 1420. The van der Waals surface area contributed by atoms with Gasteiger partial charge < -0.3 is 20.4 Å². The van der Waals surface area contributed by atoms with Gasteiger partial charge in [-0.2, -0.15) is 4.98 Å². The van der Waals surface area contributed by atoms with Crippen LogP contribution in [0, 0.1) is 19.7 Å². The number of rotatable bonds is 7. The number of likely N-dealkylation sites (N-methyl/N-ethyl adjacent to an activating group) is 1. The highest BCUT2D eigenvalue weighted by atomic mass is 32.2. The summed E-state index contributed by atoms with van der Waals surface area (Å²) in [5, 5.41) is 6.33. The highest BCUT2D eigenvalue weighted by Gasteiger charge is 2.29. The lowest BCUT2D eigenvalue weighted by atomic mass is 10.2. The van der Waals surface area contributed by atoms with Crippen molar-refractivity contribution in [1.29, 1.82) is 0 Å². The fraction of sp³-hybridized carbons (Fsp3) is 0.407. The van der Waals surface area contributed by atoms with Gasteiger partial charge in [0.1, 0.15) is 11.6 Å². The molecule has 4 rings (SSSR count). The molecule has 2 aromatic carbocycles. The Balaban J connectivity index is 1.51. The Hall–Kier alpha value is -3.44. The van der Waals surface area contributed by atoms with E-state index in [1.807, 2.05) is 32.0 Å². The molecule has 9 nitrogen and oxygen atoms in total. The molecule has 1 fully saturated rings. The van der Waals surface area contributed by atoms with Gasteiger partial charge in [-0.15, -0.1) is 0 Å². The number of anilines is 6. The van der Waals surface area contributed by atoms with E-state index < -0.39 is 14.8 Å². The van der Waals surface area contributed by atoms with Crippen LogP contribution < -0.4 is 20.3 Å². The first-order valence-corrected chi connectivity index (χ1v) is 14.0. The van der Waals surface area contributed by atoms with Crippen LogP contribution in [0.1, 0.15) is 31.9 Å². The van der Waals surface area contributed by atoms with Crippen LogP contribution >= 0.6 is 0 Å². The molecule has 3 N–H and O–H groups in total. The smallest absolute Gasteiger partial charge is 0.237 e. The number of sulfonamides is 1. The first kappa shape index (κ1) is 27.6. The van der Waals surface area contributed by atoms with Crippen molar-refractivity contribution in [2.45, 2.75) is 39.4 Å². The number of hydrogen-bond acceptors (Lipinski definition) is 8. The minimum Gasteiger partial charge on any atom is -0.367 e. The molecule has 38 heavy (non-hydrogen) atoms. The average molecular weight is 542 g/mol. The number of piperazine rings is 1. The molecule has 0 saturated carbocycles. The highest BCUT2D eigenvalue weighted by molar-refractivity contribution is 7.94. The summed E-state index contributed by atoms with van der Waals surface area (Å²) in [7, 11) is -1.51. The summed E-state index contributed by atoms with van der Waals surface area (Å²) in [4.78, 5) is 13.2. The molecule has 3 aromatic rings.